The first kappa shape index (κ1) is 21.7. The molecular formula is C23H21F3N2O4. The van der Waals surface area contributed by atoms with Crippen molar-refractivity contribution < 1.29 is 27.4 Å². The number of fused-ring (bicyclic) bond motifs is 1. The second-order valence-electron chi connectivity index (χ2n) is 7.70. The number of rotatable bonds is 5. The number of benzene rings is 1. The first-order valence-corrected chi connectivity index (χ1v) is 9.99. The zero-order chi connectivity index (χ0) is 23.0. The van der Waals surface area contributed by atoms with Gasteiger partial charge < -0.3 is 18.6 Å². The molecule has 1 atom stereocenters. The molecule has 0 saturated carbocycles. The summed E-state index contributed by atoms with van der Waals surface area (Å²) in [5.41, 5.74) is 0.139. The van der Waals surface area contributed by atoms with E-state index < -0.39 is 29.6 Å². The van der Waals surface area contributed by atoms with Gasteiger partial charge in [0.1, 0.15) is 6.61 Å². The summed E-state index contributed by atoms with van der Waals surface area (Å²) in [5, 5.41) is 0. The van der Waals surface area contributed by atoms with Gasteiger partial charge in [-0.25, -0.2) is 0 Å². The van der Waals surface area contributed by atoms with Gasteiger partial charge in [0.15, 0.2) is 23.4 Å². The van der Waals surface area contributed by atoms with E-state index >= 15 is 0 Å². The van der Waals surface area contributed by atoms with E-state index in [1.54, 1.807) is 13.0 Å². The van der Waals surface area contributed by atoms with E-state index in [1.807, 2.05) is 35.8 Å². The van der Waals surface area contributed by atoms with Crippen LogP contribution in [0.3, 0.4) is 0 Å². The molecule has 0 radical (unpaired) electrons. The lowest BCUT2D eigenvalue weighted by molar-refractivity contribution is -0.138. The van der Waals surface area contributed by atoms with Gasteiger partial charge >= 0.3 is 6.18 Å². The molecule has 32 heavy (non-hydrogen) atoms. The Hall–Kier alpha value is -3.49. The van der Waals surface area contributed by atoms with Crippen molar-refractivity contribution in [2.75, 3.05) is 6.61 Å². The Bertz CT molecular complexity index is 1230. The van der Waals surface area contributed by atoms with Crippen molar-refractivity contribution in [3.05, 3.63) is 81.5 Å². The van der Waals surface area contributed by atoms with Crippen molar-refractivity contribution >= 4 is 5.78 Å². The lowest BCUT2D eigenvalue weighted by Crippen LogP contribution is -2.33. The van der Waals surface area contributed by atoms with Gasteiger partial charge in [-0.15, -0.1) is 0 Å². The van der Waals surface area contributed by atoms with Crippen LogP contribution in [0.5, 0.6) is 11.5 Å². The van der Waals surface area contributed by atoms with Gasteiger partial charge in [0.25, 0.3) is 5.56 Å². The van der Waals surface area contributed by atoms with Crippen LogP contribution in [0.15, 0.2) is 53.5 Å². The Labute approximate surface area is 181 Å². The van der Waals surface area contributed by atoms with Crippen molar-refractivity contribution in [3.8, 4) is 11.5 Å². The predicted octanol–water partition coefficient (Wildman–Crippen LogP) is 4.01. The van der Waals surface area contributed by atoms with Crippen molar-refractivity contribution in [1.29, 1.82) is 0 Å². The van der Waals surface area contributed by atoms with E-state index in [4.69, 9.17) is 9.47 Å². The summed E-state index contributed by atoms with van der Waals surface area (Å²) in [6, 6.07) is 10.5. The maximum Gasteiger partial charge on any atom is 0.417 e. The third kappa shape index (κ3) is 4.28. The fourth-order valence-electron chi connectivity index (χ4n) is 3.78. The number of Topliss-reactive ketones (excluding diaryl/α,β-unsaturated/α-hetero) is 1. The molecule has 0 amide bonds. The number of halogens is 3. The van der Waals surface area contributed by atoms with Crippen LogP contribution in [-0.4, -0.2) is 27.6 Å². The summed E-state index contributed by atoms with van der Waals surface area (Å²) in [4.78, 5) is 24.9. The minimum atomic E-state index is -4.60. The molecular weight excluding hydrogens is 425 g/mol. The molecule has 0 fully saturated rings. The number of aryl methyl sites for hydroxylation is 1. The molecule has 168 valence electrons. The number of hydrogen-bond donors (Lipinski definition) is 0. The molecule has 1 aliphatic heterocycles. The third-order valence-corrected chi connectivity index (χ3v) is 5.45. The number of carbonyl (C=O) groups excluding carboxylic acids is 1. The molecule has 0 spiro atoms. The van der Waals surface area contributed by atoms with Crippen LogP contribution in [0.4, 0.5) is 13.2 Å². The van der Waals surface area contributed by atoms with Crippen LogP contribution in [0.2, 0.25) is 0 Å². The summed E-state index contributed by atoms with van der Waals surface area (Å²) in [6.45, 7) is 3.88. The number of ketones is 1. The number of hydrogen-bond acceptors (Lipinski definition) is 4. The molecule has 0 saturated heterocycles. The largest absolute Gasteiger partial charge is 0.486 e. The first-order valence-electron chi connectivity index (χ1n) is 9.99. The van der Waals surface area contributed by atoms with Crippen molar-refractivity contribution in [2.45, 2.75) is 39.2 Å². The Morgan fingerprint density at radius 3 is 2.56 bits per heavy atom. The average molecular weight is 446 g/mol. The van der Waals surface area contributed by atoms with E-state index in [0.29, 0.717) is 48.2 Å². The first-order chi connectivity index (χ1) is 15.1. The molecule has 4 rings (SSSR count). The molecule has 9 heteroatoms. The number of carbonyl (C=O) groups is 1. The molecule has 0 aliphatic carbocycles. The van der Waals surface area contributed by atoms with Gasteiger partial charge in [-0.3, -0.25) is 9.59 Å². The highest BCUT2D eigenvalue weighted by molar-refractivity contribution is 5.97. The summed E-state index contributed by atoms with van der Waals surface area (Å²) < 4.78 is 53.3. The van der Waals surface area contributed by atoms with Crippen LogP contribution >= 0.6 is 0 Å². The summed E-state index contributed by atoms with van der Waals surface area (Å²) in [5.74, 6) is 0.871. The average Bonchev–Trinajstić information content (AvgIpc) is 3.03. The number of ether oxygens (including phenoxy) is 2. The van der Waals surface area contributed by atoms with Crippen molar-refractivity contribution in [3.63, 3.8) is 0 Å². The zero-order valence-corrected chi connectivity index (χ0v) is 17.5. The molecule has 3 heterocycles. The van der Waals surface area contributed by atoms with Gasteiger partial charge in [-0.2, -0.15) is 13.2 Å². The van der Waals surface area contributed by atoms with Gasteiger partial charge in [-0.1, -0.05) is 12.1 Å². The van der Waals surface area contributed by atoms with Crippen LogP contribution < -0.4 is 15.0 Å². The van der Waals surface area contributed by atoms with Crippen LogP contribution in [0, 0.1) is 13.8 Å². The monoisotopic (exact) mass is 446 g/mol. The summed E-state index contributed by atoms with van der Waals surface area (Å²) in [6.07, 6.45) is -4.21. The topological polar surface area (TPSA) is 62.5 Å². The van der Waals surface area contributed by atoms with E-state index in [-0.39, 0.29) is 6.10 Å². The van der Waals surface area contributed by atoms with Crippen LogP contribution in [0.25, 0.3) is 0 Å². The Kier molecular flexibility index (Phi) is 5.58. The number of pyridine rings is 1. The van der Waals surface area contributed by atoms with Crippen LogP contribution in [-0.2, 0) is 19.3 Å². The third-order valence-electron chi connectivity index (χ3n) is 5.45. The molecule has 2 aromatic heterocycles. The Morgan fingerprint density at radius 2 is 1.84 bits per heavy atom. The van der Waals surface area contributed by atoms with E-state index in [9.17, 15) is 22.8 Å². The van der Waals surface area contributed by atoms with Crippen molar-refractivity contribution in [2.24, 2.45) is 0 Å². The molecule has 1 aromatic carbocycles. The highest BCUT2D eigenvalue weighted by atomic mass is 19.4. The zero-order valence-electron chi connectivity index (χ0n) is 17.5. The SMILES string of the molecule is Cc1cc(C(=O)Cn2cc(C(F)(F)F)ccc2=O)c(C)n1C[C@@H]1COc2ccccc2O1. The Balaban J connectivity index is 1.53. The predicted molar refractivity (Wildman–Crippen MR) is 110 cm³/mol. The smallest absolute Gasteiger partial charge is 0.417 e. The minimum Gasteiger partial charge on any atom is -0.486 e. The van der Waals surface area contributed by atoms with E-state index in [0.717, 1.165) is 16.3 Å². The minimum absolute atomic E-state index is 0.274. The maximum absolute atomic E-state index is 13.0. The summed E-state index contributed by atoms with van der Waals surface area (Å²) >= 11 is 0. The number of para-hydroxylation sites is 2. The number of aromatic nitrogens is 2. The summed E-state index contributed by atoms with van der Waals surface area (Å²) in [7, 11) is 0. The fourth-order valence-corrected chi connectivity index (χ4v) is 3.78. The fraction of sp³-hybridized carbons (Fsp3) is 0.304. The lowest BCUT2D eigenvalue weighted by Gasteiger charge is -2.27. The highest BCUT2D eigenvalue weighted by Gasteiger charge is 2.31. The van der Waals surface area contributed by atoms with Gasteiger partial charge in [-0.05, 0) is 38.1 Å². The molecule has 6 nitrogen and oxygen atoms in total. The van der Waals surface area contributed by atoms with Gasteiger partial charge in [0.05, 0.1) is 18.7 Å². The second kappa shape index (κ2) is 8.22. The van der Waals surface area contributed by atoms with Gasteiger partial charge in [0, 0.05) is 29.2 Å². The van der Waals surface area contributed by atoms with Crippen molar-refractivity contribution in [1.82, 2.24) is 9.13 Å². The normalized spacial score (nSPS) is 15.6. The van der Waals surface area contributed by atoms with Crippen LogP contribution in [0.1, 0.15) is 27.3 Å². The number of alkyl halides is 3. The number of nitrogens with zero attached hydrogens (tertiary/aromatic N) is 2. The quantitative estimate of drug-likeness (QED) is 0.556. The molecule has 0 unspecified atom stereocenters. The van der Waals surface area contributed by atoms with E-state index in [2.05, 4.69) is 0 Å². The molecule has 0 bridgehead atoms. The highest BCUT2D eigenvalue weighted by Crippen LogP contribution is 2.32. The molecule has 3 aromatic rings. The Morgan fingerprint density at radius 1 is 1.12 bits per heavy atom. The maximum atomic E-state index is 13.0. The standard InChI is InChI=1S/C23H21F3N2O4/c1-14-9-18(19(29)12-27-10-16(23(24,25)26)7-8-22(27)30)15(2)28(14)11-17-13-31-20-5-3-4-6-21(20)32-17/h3-10,17H,11-13H2,1-2H3/t17-/m1/s1. The second-order valence-corrected chi connectivity index (χ2v) is 7.70. The van der Waals surface area contributed by atoms with E-state index in [1.165, 1.54) is 0 Å². The molecule has 0 N–H and O–H groups in total. The van der Waals surface area contributed by atoms with Gasteiger partial charge in [0.2, 0.25) is 0 Å². The molecule has 1 aliphatic rings. The lowest BCUT2D eigenvalue weighted by atomic mass is 10.1.